The molecule has 26 heavy (non-hydrogen) atoms. The SMILES string of the molecule is CNS(=O)(=O)Cc1ccc(CNC(=O)C(C)Sc2ccc(Cl)cc2)cc1. The smallest absolute Gasteiger partial charge is 0.233 e. The van der Waals surface area contributed by atoms with Crippen molar-refractivity contribution >= 4 is 39.3 Å². The number of amides is 1. The fraction of sp³-hybridized carbons (Fsp3) is 0.278. The Hall–Kier alpha value is -1.54. The van der Waals surface area contributed by atoms with Crippen molar-refractivity contribution in [3.05, 3.63) is 64.7 Å². The van der Waals surface area contributed by atoms with Gasteiger partial charge in [-0.3, -0.25) is 4.79 Å². The van der Waals surface area contributed by atoms with Gasteiger partial charge in [0.05, 0.1) is 11.0 Å². The summed E-state index contributed by atoms with van der Waals surface area (Å²) < 4.78 is 25.4. The quantitative estimate of drug-likeness (QED) is 0.653. The highest BCUT2D eigenvalue weighted by Gasteiger charge is 2.14. The van der Waals surface area contributed by atoms with E-state index in [1.165, 1.54) is 18.8 Å². The molecule has 1 amide bonds. The van der Waals surface area contributed by atoms with Gasteiger partial charge in [0.1, 0.15) is 0 Å². The van der Waals surface area contributed by atoms with Crippen molar-refractivity contribution in [3.8, 4) is 0 Å². The molecule has 0 aliphatic carbocycles. The Labute approximate surface area is 163 Å². The molecular weight excluding hydrogens is 392 g/mol. The van der Waals surface area contributed by atoms with E-state index in [-0.39, 0.29) is 16.9 Å². The van der Waals surface area contributed by atoms with E-state index < -0.39 is 10.0 Å². The van der Waals surface area contributed by atoms with Gasteiger partial charge in [0.2, 0.25) is 15.9 Å². The van der Waals surface area contributed by atoms with Gasteiger partial charge in [-0.1, -0.05) is 35.9 Å². The average Bonchev–Trinajstić information content (AvgIpc) is 2.62. The van der Waals surface area contributed by atoms with E-state index in [0.29, 0.717) is 17.1 Å². The van der Waals surface area contributed by atoms with Crippen LogP contribution in [0.1, 0.15) is 18.1 Å². The van der Waals surface area contributed by atoms with Crippen molar-refractivity contribution in [2.45, 2.75) is 29.4 Å². The topological polar surface area (TPSA) is 75.3 Å². The van der Waals surface area contributed by atoms with Crippen molar-refractivity contribution < 1.29 is 13.2 Å². The maximum absolute atomic E-state index is 12.2. The van der Waals surface area contributed by atoms with Gasteiger partial charge < -0.3 is 5.32 Å². The van der Waals surface area contributed by atoms with Crippen LogP contribution in [0, 0.1) is 0 Å². The summed E-state index contributed by atoms with van der Waals surface area (Å²) in [5.74, 6) is -0.128. The summed E-state index contributed by atoms with van der Waals surface area (Å²) in [7, 11) is -1.89. The maximum atomic E-state index is 12.2. The minimum Gasteiger partial charge on any atom is -0.351 e. The molecule has 8 heteroatoms. The van der Waals surface area contributed by atoms with Gasteiger partial charge in [-0.05, 0) is 49.4 Å². The number of nitrogens with one attached hydrogen (secondary N) is 2. The first kappa shape index (κ1) is 20.8. The zero-order chi connectivity index (χ0) is 19.2. The average molecular weight is 413 g/mol. The van der Waals surface area contributed by atoms with Gasteiger partial charge in [0, 0.05) is 16.5 Å². The Balaban J connectivity index is 1.85. The molecule has 0 fully saturated rings. The summed E-state index contributed by atoms with van der Waals surface area (Å²) in [6, 6.07) is 14.5. The summed E-state index contributed by atoms with van der Waals surface area (Å²) in [5, 5.41) is 3.32. The third-order valence-corrected chi connectivity index (χ3v) is 6.35. The van der Waals surface area contributed by atoms with Gasteiger partial charge in [-0.2, -0.15) is 0 Å². The second kappa shape index (κ2) is 9.41. The number of halogens is 1. The van der Waals surface area contributed by atoms with Crippen LogP contribution in [0.3, 0.4) is 0 Å². The number of sulfonamides is 1. The number of hydrogen-bond acceptors (Lipinski definition) is 4. The Morgan fingerprint density at radius 3 is 2.23 bits per heavy atom. The molecule has 2 aromatic rings. The number of hydrogen-bond donors (Lipinski definition) is 2. The lowest BCUT2D eigenvalue weighted by molar-refractivity contribution is -0.120. The molecule has 2 aromatic carbocycles. The highest BCUT2D eigenvalue weighted by Crippen LogP contribution is 2.24. The molecule has 2 N–H and O–H groups in total. The Morgan fingerprint density at radius 2 is 1.65 bits per heavy atom. The highest BCUT2D eigenvalue weighted by atomic mass is 35.5. The number of carbonyl (C=O) groups excluding carboxylic acids is 1. The molecule has 0 saturated heterocycles. The molecular formula is C18H21ClN2O3S2. The van der Waals surface area contributed by atoms with Crippen LogP contribution >= 0.6 is 23.4 Å². The van der Waals surface area contributed by atoms with Crippen LogP contribution in [0.4, 0.5) is 0 Å². The molecule has 0 aromatic heterocycles. The van der Waals surface area contributed by atoms with E-state index in [2.05, 4.69) is 10.0 Å². The van der Waals surface area contributed by atoms with Crippen LogP contribution in [0.25, 0.3) is 0 Å². The van der Waals surface area contributed by atoms with Gasteiger partial charge in [-0.15, -0.1) is 11.8 Å². The van der Waals surface area contributed by atoms with E-state index >= 15 is 0 Å². The van der Waals surface area contributed by atoms with E-state index in [9.17, 15) is 13.2 Å². The highest BCUT2D eigenvalue weighted by molar-refractivity contribution is 8.00. The third kappa shape index (κ3) is 6.64. The van der Waals surface area contributed by atoms with Crippen LogP contribution in [0.5, 0.6) is 0 Å². The van der Waals surface area contributed by atoms with E-state index in [1.807, 2.05) is 31.2 Å². The van der Waals surface area contributed by atoms with Crippen LogP contribution in [0.15, 0.2) is 53.4 Å². The molecule has 2 rings (SSSR count). The maximum Gasteiger partial charge on any atom is 0.233 e. The molecule has 0 radical (unpaired) electrons. The Kier molecular flexibility index (Phi) is 7.52. The van der Waals surface area contributed by atoms with Gasteiger partial charge in [0.15, 0.2) is 0 Å². The van der Waals surface area contributed by atoms with Crippen LogP contribution in [-0.4, -0.2) is 26.6 Å². The summed E-state index contributed by atoms with van der Waals surface area (Å²) in [6.45, 7) is 2.24. The number of carbonyl (C=O) groups is 1. The van der Waals surface area contributed by atoms with E-state index in [0.717, 1.165) is 10.5 Å². The number of benzene rings is 2. The second-order valence-corrected chi connectivity index (χ2v) is 9.49. The summed E-state index contributed by atoms with van der Waals surface area (Å²) in [4.78, 5) is 13.2. The van der Waals surface area contributed by atoms with Gasteiger partial charge >= 0.3 is 0 Å². The molecule has 0 aliphatic rings. The summed E-state index contributed by atoms with van der Waals surface area (Å²) in [5.41, 5.74) is 1.61. The largest absolute Gasteiger partial charge is 0.351 e. The van der Waals surface area contributed by atoms with Crippen LogP contribution in [0.2, 0.25) is 5.02 Å². The predicted molar refractivity (Wildman–Crippen MR) is 107 cm³/mol. The van der Waals surface area contributed by atoms with E-state index in [4.69, 9.17) is 11.6 Å². The van der Waals surface area contributed by atoms with Crippen molar-refractivity contribution in [3.63, 3.8) is 0 Å². The van der Waals surface area contributed by atoms with E-state index in [1.54, 1.807) is 24.3 Å². The number of rotatable bonds is 8. The Morgan fingerprint density at radius 1 is 1.08 bits per heavy atom. The fourth-order valence-electron chi connectivity index (χ4n) is 2.15. The molecule has 140 valence electrons. The second-order valence-electron chi connectivity index (χ2n) is 5.71. The van der Waals surface area contributed by atoms with Gasteiger partial charge in [-0.25, -0.2) is 13.1 Å². The molecule has 0 bridgehead atoms. The summed E-state index contributed by atoms with van der Waals surface area (Å²) in [6.07, 6.45) is 0. The Bertz CT molecular complexity index is 838. The van der Waals surface area contributed by atoms with Gasteiger partial charge in [0.25, 0.3) is 0 Å². The van der Waals surface area contributed by atoms with Crippen molar-refractivity contribution in [2.24, 2.45) is 0 Å². The molecule has 0 heterocycles. The number of thioether (sulfide) groups is 1. The molecule has 1 atom stereocenters. The summed E-state index contributed by atoms with van der Waals surface area (Å²) >= 11 is 7.32. The lowest BCUT2D eigenvalue weighted by Gasteiger charge is -2.12. The third-order valence-electron chi connectivity index (χ3n) is 3.65. The lowest BCUT2D eigenvalue weighted by atomic mass is 10.1. The normalized spacial score (nSPS) is 12.6. The van der Waals surface area contributed by atoms with Crippen molar-refractivity contribution in [2.75, 3.05) is 7.05 Å². The molecule has 0 aliphatic heterocycles. The zero-order valence-corrected chi connectivity index (χ0v) is 16.9. The van der Waals surface area contributed by atoms with Crippen LogP contribution < -0.4 is 10.0 Å². The van der Waals surface area contributed by atoms with Crippen molar-refractivity contribution in [1.29, 1.82) is 0 Å². The minimum absolute atomic E-state index is 0.0632. The first-order valence-electron chi connectivity index (χ1n) is 7.98. The lowest BCUT2D eigenvalue weighted by Crippen LogP contribution is -2.30. The molecule has 1 unspecified atom stereocenters. The van der Waals surface area contributed by atoms with Crippen LogP contribution in [-0.2, 0) is 27.1 Å². The molecule has 0 saturated carbocycles. The first-order valence-corrected chi connectivity index (χ1v) is 10.9. The minimum atomic E-state index is -3.29. The zero-order valence-electron chi connectivity index (χ0n) is 14.5. The fourth-order valence-corrected chi connectivity index (χ4v) is 3.94. The predicted octanol–water partition coefficient (Wildman–Crippen LogP) is 3.19. The van der Waals surface area contributed by atoms with Crippen molar-refractivity contribution in [1.82, 2.24) is 10.0 Å². The standard InChI is InChI=1S/C18H21ClN2O3S2/c1-13(25-17-9-7-16(19)8-10-17)18(22)21-11-14-3-5-15(6-4-14)12-26(23,24)20-2/h3-10,13,20H,11-12H2,1-2H3,(H,21,22). The monoisotopic (exact) mass is 412 g/mol. The molecule has 5 nitrogen and oxygen atoms in total. The first-order chi connectivity index (χ1) is 12.3. The molecule has 0 spiro atoms.